The molecule has 0 unspecified atom stereocenters. The second-order valence-corrected chi connectivity index (χ2v) is 7.57. The Labute approximate surface area is 161 Å². The standard InChI is InChI=1S/C18H11BrClN3OS/c19-12-3-6-15(20)14(9-12)17(24)21-13-4-1-11(2-5-13)16-10-23-7-8-25-18(23)22-16/h1-10H,(H,21,24). The lowest BCUT2D eigenvalue weighted by Gasteiger charge is -2.08. The molecule has 0 fully saturated rings. The summed E-state index contributed by atoms with van der Waals surface area (Å²) in [7, 11) is 0. The Bertz CT molecular complexity index is 1040. The number of hydrogen-bond acceptors (Lipinski definition) is 3. The third-order valence-corrected chi connectivity index (χ3v) is 5.30. The molecule has 25 heavy (non-hydrogen) atoms. The van der Waals surface area contributed by atoms with Crippen molar-refractivity contribution in [2.24, 2.45) is 0 Å². The van der Waals surface area contributed by atoms with Gasteiger partial charge in [-0.25, -0.2) is 4.98 Å². The zero-order chi connectivity index (χ0) is 17.4. The third kappa shape index (κ3) is 3.33. The number of hydrogen-bond donors (Lipinski definition) is 1. The molecular formula is C18H11BrClN3OS. The van der Waals surface area contributed by atoms with Gasteiger partial charge in [0.15, 0.2) is 4.96 Å². The molecule has 0 bridgehead atoms. The molecule has 0 saturated heterocycles. The van der Waals surface area contributed by atoms with Gasteiger partial charge in [-0.15, -0.1) is 11.3 Å². The predicted octanol–water partition coefficient (Wildman–Crippen LogP) is 5.73. The maximum absolute atomic E-state index is 12.4. The number of amides is 1. The maximum atomic E-state index is 12.4. The van der Waals surface area contributed by atoms with E-state index >= 15 is 0 Å². The van der Waals surface area contributed by atoms with Crippen molar-refractivity contribution in [3.63, 3.8) is 0 Å². The molecule has 0 aliphatic heterocycles. The van der Waals surface area contributed by atoms with Crippen molar-refractivity contribution in [3.8, 4) is 11.3 Å². The molecular weight excluding hydrogens is 422 g/mol. The van der Waals surface area contributed by atoms with Crippen LogP contribution in [0.15, 0.2) is 64.7 Å². The largest absolute Gasteiger partial charge is 0.322 e. The Balaban J connectivity index is 1.55. The number of nitrogens with one attached hydrogen (secondary N) is 1. The van der Waals surface area contributed by atoms with E-state index in [4.69, 9.17) is 11.6 Å². The Morgan fingerprint density at radius 1 is 1.20 bits per heavy atom. The predicted molar refractivity (Wildman–Crippen MR) is 106 cm³/mol. The molecule has 0 spiro atoms. The van der Waals surface area contributed by atoms with Crippen LogP contribution in [0.4, 0.5) is 5.69 Å². The van der Waals surface area contributed by atoms with Crippen molar-refractivity contribution < 1.29 is 4.79 Å². The van der Waals surface area contributed by atoms with E-state index in [2.05, 4.69) is 26.2 Å². The van der Waals surface area contributed by atoms with Crippen molar-refractivity contribution in [1.82, 2.24) is 9.38 Å². The fraction of sp³-hybridized carbons (Fsp3) is 0. The molecule has 1 amide bonds. The first-order valence-corrected chi connectivity index (χ1v) is 9.44. The number of fused-ring (bicyclic) bond motifs is 1. The second-order valence-electron chi connectivity index (χ2n) is 5.37. The summed E-state index contributed by atoms with van der Waals surface area (Å²) in [6.07, 6.45) is 3.97. The van der Waals surface area contributed by atoms with Gasteiger partial charge in [0.05, 0.1) is 16.3 Å². The molecule has 7 heteroatoms. The minimum absolute atomic E-state index is 0.249. The zero-order valence-electron chi connectivity index (χ0n) is 12.7. The van der Waals surface area contributed by atoms with Gasteiger partial charge in [-0.1, -0.05) is 39.7 Å². The Morgan fingerprint density at radius 3 is 2.76 bits per heavy atom. The summed E-state index contributed by atoms with van der Waals surface area (Å²) in [5.74, 6) is -0.249. The maximum Gasteiger partial charge on any atom is 0.257 e. The van der Waals surface area contributed by atoms with Crippen LogP contribution in [0.3, 0.4) is 0 Å². The number of nitrogens with zero attached hydrogens (tertiary/aromatic N) is 2. The van der Waals surface area contributed by atoms with Crippen molar-refractivity contribution in [2.45, 2.75) is 0 Å². The summed E-state index contributed by atoms with van der Waals surface area (Å²) in [6, 6.07) is 12.8. The average Bonchev–Trinajstić information content (AvgIpc) is 3.19. The van der Waals surface area contributed by atoms with E-state index in [1.807, 2.05) is 46.4 Å². The number of rotatable bonds is 3. The SMILES string of the molecule is O=C(Nc1ccc(-c2cn3ccsc3n2)cc1)c1cc(Br)ccc1Cl. The van der Waals surface area contributed by atoms with E-state index in [-0.39, 0.29) is 5.91 Å². The molecule has 0 radical (unpaired) electrons. The van der Waals surface area contributed by atoms with Gasteiger partial charge in [-0.2, -0.15) is 0 Å². The summed E-state index contributed by atoms with van der Waals surface area (Å²) in [4.78, 5) is 17.9. The lowest BCUT2D eigenvalue weighted by atomic mass is 10.1. The van der Waals surface area contributed by atoms with Crippen LogP contribution < -0.4 is 5.32 Å². The van der Waals surface area contributed by atoms with E-state index < -0.39 is 0 Å². The number of anilines is 1. The van der Waals surface area contributed by atoms with Gasteiger partial charge in [-0.05, 0) is 30.3 Å². The number of carbonyl (C=O) groups excluding carboxylic acids is 1. The Morgan fingerprint density at radius 2 is 2.00 bits per heavy atom. The van der Waals surface area contributed by atoms with Crippen LogP contribution in [0.5, 0.6) is 0 Å². The molecule has 0 aliphatic carbocycles. The first-order chi connectivity index (χ1) is 12.1. The minimum atomic E-state index is -0.249. The topological polar surface area (TPSA) is 46.4 Å². The Kier molecular flexibility index (Phi) is 4.33. The molecule has 0 saturated carbocycles. The molecule has 2 heterocycles. The van der Waals surface area contributed by atoms with Crippen LogP contribution in [0.1, 0.15) is 10.4 Å². The molecule has 4 aromatic rings. The van der Waals surface area contributed by atoms with E-state index in [9.17, 15) is 4.79 Å². The van der Waals surface area contributed by atoms with Gasteiger partial charge < -0.3 is 5.32 Å². The van der Waals surface area contributed by atoms with Crippen molar-refractivity contribution in [1.29, 1.82) is 0 Å². The van der Waals surface area contributed by atoms with Crippen LogP contribution in [-0.4, -0.2) is 15.3 Å². The summed E-state index contributed by atoms with van der Waals surface area (Å²) in [5.41, 5.74) is 3.02. The van der Waals surface area contributed by atoms with Crippen molar-refractivity contribution in [3.05, 3.63) is 75.3 Å². The first-order valence-electron chi connectivity index (χ1n) is 7.39. The number of benzene rings is 2. The Hall–Kier alpha value is -2.15. The van der Waals surface area contributed by atoms with Gasteiger partial charge >= 0.3 is 0 Å². The lowest BCUT2D eigenvalue weighted by Crippen LogP contribution is -2.12. The van der Waals surface area contributed by atoms with Gasteiger partial charge in [-0.3, -0.25) is 9.20 Å². The van der Waals surface area contributed by atoms with Gasteiger partial charge in [0.25, 0.3) is 5.91 Å². The van der Waals surface area contributed by atoms with Crippen LogP contribution in [0, 0.1) is 0 Å². The van der Waals surface area contributed by atoms with Gasteiger partial charge in [0.1, 0.15) is 0 Å². The monoisotopic (exact) mass is 431 g/mol. The minimum Gasteiger partial charge on any atom is -0.322 e. The van der Waals surface area contributed by atoms with E-state index in [1.54, 1.807) is 29.5 Å². The molecule has 0 aliphatic rings. The van der Waals surface area contributed by atoms with E-state index in [1.165, 1.54) is 0 Å². The van der Waals surface area contributed by atoms with E-state index in [0.717, 1.165) is 20.7 Å². The molecule has 124 valence electrons. The zero-order valence-corrected chi connectivity index (χ0v) is 15.9. The molecule has 2 aromatic carbocycles. The van der Waals surface area contributed by atoms with Crippen molar-refractivity contribution >= 4 is 55.4 Å². The first kappa shape index (κ1) is 16.3. The van der Waals surface area contributed by atoms with Gasteiger partial charge in [0, 0.05) is 33.5 Å². The van der Waals surface area contributed by atoms with Crippen LogP contribution in [0.25, 0.3) is 16.2 Å². The highest BCUT2D eigenvalue weighted by atomic mass is 79.9. The number of aromatic nitrogens is 2. The smallest absolute Gasteiger partial charge is 0.257 e. The van der Waals surface area contributed by atoms with Crippen LogP contribution >= 0.6 is 38.9 Å². The fourth-order valence-corrected chi connectivity index (χ4v) is 3.73. The van der Waals surface area contributed by atoms with Crippen LogP contribution in [0.2, 0.25) is 5.02 Å². The van der Waals surface area contributed by atoms with Crippen LogP contribution in [-0.2, 0) is 0 Å². The third-order valence-electron chi connectivity index (χ3n) is 3.70. The molecule has 2 aromatic heterocycles. The highest BCUT2D eigenvalue weighted by molar-refractivity contribution is 9.10. The normalized spacial score (nSPS) is 11.0. The summed E-state index contributed by atoms with van der Waals surface area (Å²) >= 11 is 11.0. The number of carbonyl (C=O) groups is 1. The average molecular weight is 433 g/mol. The fourth-order valence-electron chi connectivity index (χ4n) is 2.46. The lowest BCUT2D eigenvalue weighted by molar-refractivity contribution is 0.102. The van der Waals surface area contributed by atoms with Crippen molar-refractivity contribution in [2.75, 3.05) is 5.32 Å². The number of imidazole rings is 1. The van der Waals surface area contributed by atoms with E-state index in [0.29, 0.717) is 16.3 Å². The molecule has 4 nitrogen and oxygen atoms in total. The summed E-state index contributed by atoms with van der Waals surface area (Å²) in [5, 5.41) is 5.27. The summed E-state index contributed by atoms with van der Waals surface area (Å²) < 4.78 is 2.79. The number of halogens is 2. The highest BCUT2D eigenvalue weighted by Gasteiger charge is 2.12. The molecule has 0 atom stereocenters. The quantitative estimate of drug-likeness (QED) is 0.449. The summed E-state index contributed by atoms with van der Waals surface area (Å²) in [6.45, 7) is 0. The highest BCUT2D eigenvalue weighted by Crippen LogP contribution is 2.25. The van der Waals surface area contributed by atoms with Gasteiger partial charge in [0.2, 0.25) is 0 Å². The second kappa shape index (κ2) is 6.63. The molecule has 4 rings (SSSR count). The molecule has 1 N–H and O–H groups in total. The number of thiazole rings is 1.